The summed E-state index contributed by atoms with van der Waals surface area (Å²) in [6.07, 6.45) is 6.83. The summed E-state index contributed by atoms with van der Waals surface area (Å²) < 4.78 is 0. The van der Waals surface area contributed by atoms with Gasteiger partial charge in [0.25, 0.3) is 0 Å². The third-order valence-corrected chi connectivity index (χ3v) is 4.48. The van der Waals surface area contributed by atoms with Gasteiger partial charge in [-0.3, -0.25) is 0 Å². The fourth-order valence-electron chi connectivity index (χ4n) is 2.92. The molecule has 21 heavy (non-hydrogen) atoms. The van der Waals surface area contributed by atoms with Crippen molar-refractivity contribution in [1.82, 2.24) is 9.97 Å². The van der Waals surface area contributed by atoms with Crippen LogP contribution in [0.2, 0.25) is 0 Å². The lowest BCUT2D eigenvalue weighted by molar-refractivity contribution is 0.232. The van der Waals surface area contributed by atoms with Crippen LogP contribution in [0.3, 0.4) is 0 Å². The molecule has 0 atom stereocenters. The van der Waals surface area contributed by atoms with E-state index in [1.165, 1.54) is 25.7 Å². The maximum absolute atomic E-state index is 5.59. The van der Waals surface area contributed by atoms with E-state index in [0.717, 1.165) is 35.9 Å². The highest BCUT2D eigenvalue weighted by Gasteiger charge is 2.27. The summed E-state index contributed by atoms with van der Waals surface area (Å²) in [7, 11) is 0. The molecule has 0 aliphatic heterocycles. The van der Waals surface area contributed by atoms with E-state index in [4.69, 9.17) is 5.84 Å². The first-order chi connectivity index (χ1) is 9.95. The van der Waals surface area contributed by atoms with Gasteiger partial charge in [-0.25, -0.2) is 15.8 Å². The van der Waals surface area contributed by atoms with E-state index in [-0.39, 0.29) is 0 Å². The van der Waals surface area contributed by atoms with Crippen molar-refractivity contribution in [3.63, 3.8) is 0 Å². The number of nitrogens with one attached hydrogen (secondary N) is 2. The van der Waals surface area contributed by atoms with Gasteiger partial charge in [-0.05, 0) is 44.4 Å². The minimum atomic E-state index is 0.482. The Bertz CT molecular complexity index is 474. The number of nitrogen functional groups attached to an aromatic ring is 1. The average molecular weight is 291 g/mol. The molecule has 1 heterocycles. The number of nitrogens with two attached hydrogens (primary N) is 1. The summed E-state index contributed by atoms with van der Waals surface area (Å²) in [5.41, 5.74) is 4.18. The number of hydrogen-bond donors (Lipinski definition) is 3. The van der Waals surface area contributed by atoms with Crippen LogP contribution in [0.15, 0.2) is 0 Å². The minimum absolute atomic E-state index is 0.482. The number of hydrazine groups is 1. The molecule has 0 unspecified atom stereocenters. The van der Waals surface area contributed by atoms with Crippen molar-refractivity contribution in [3.8, 4) is 0 Å². The summed E-state index contributed by atoms with van der Waals surface area (Å²) >= 11 is 0. The Morgan fingerprint density at radius 3 is 2.38 bits per heavy atom. The molecular formula is C16H29N5. The van der Waals surface area contributed by atoms with Crippen LogP contribution < -0.4 is 16.6 Å². The number of aryl methyl sites for hydroxylation is 1. The van der Waals surface area contributed by atoms with E-state index in [2.05, 4.69) is 41.5 Å². The van der Waals surface area contributed by atoms with Crippen LogP contribution in [0.1, 0.15) is 64.3 Å². The molecule has 1 aromatic heterocycles. The van der Waals surface area contributed by atoms with Crippen LogP contribution in [0.5, 0.6) is 0 Å². The first-order valence-electron chi connectivity index (χ1n) is 8.06. The van der Waals surface area contributed by atoms with E-state index in [1.807, 2.05) is 6.92 Å². The summed E-state index contributed by atoms with van der Waals surface area (Å²) in [5.74, 6) is 8.11. The third kappa shape index (κ3) is 4.06. The standard InChI is InChI=1S/C16H29N5/c1-5-6-13-19-14(11(2)15(20-13)21-17)18-12-7-9-16(3,4)10-8-12/h12H,5-10,17H2,1-4H3,(H2,18,19,20,21). The lowest BCUT2D eigenvalue weighted by Crippen LogP contribution is -2.30. The lowest BCUT2D eigenvalue weighted by Gasteiger charge is -2.35. The van der Waals surface area contributed by atoms with Crippen LogP contribution in [0.4, 0.5) is 11.6 Å². The molecule has 0 saturated heterocycles. The van der Waals surface area contributed by atoms with Crippen molar-refractivity contribution in [2.75, 3.05) is 10.7 Å². The van der Waals surface area contributed by atoms with Gasteiger partial charge in [0.15, 0.2) is 0 Å². The van der Waals surface area contributed by atoms with Crippen molar-refractivity contribution in [3.05, 3.63) is 11.4 Å². The molecule has 4 N–H and O–H groups in total. The Balaban J connectivity index is 2.13. The zero-order valence-electron chi connectivity index (χ0n) is 13.8. The number of rotatable bonds is 5. The van der Waals surface area contributed by atoms with E-state index < -0.39 is 0 Å². The van der Waals surface area contributed by atoms with E-state index >= 15 is 0 Å². The zero-order valence-corrected chi connectivity index (χ0v) is 13.8. The minimum Gasteiger partial charge on any atom is -0.367 e. The number of anilines is 2. The van der Waals surface area contributed by atoms with Gasteiger partial charge in [-0.2, -0.15) is 0 Å². The fraction of sp³-hybridized carbons (Fsp3) is 0.750. The predicted octanol–water partition coefficient (Wildman–Crippen LogP) is 3.40. The van der Waals surface area contributed by atoms with Crippen LogP contribution >= 0.6 is 0 Å². The largest absolute Gasteiger partial charge is 0.367 e. The van der Waals surface area contributed by atoms with Gasteiger partial charge in [0.1, 0.15) is 17.5 Å². The number of nitrogens with zero attached hydrogens (tertiary/aromatic N) is 2. The van der Waals surface area contributed by atoms with Gasteiger partial charge in [0, 0.05) is 18.0 Å². The first-order valence-corrected chi connectivity index (χ1v) is 8.06. The molecule has 0 aromatic carbocycles. The topological polar surface area (TPSA) is 75.9 Å². The quantitative estimate of drug-likeness (QED) is 0.572. The van der Waals surface area contributed by atoms with Crippen LogP contribution in [-0.2, 0) is 6.42 Å². The number of hydrogen-bond acceptors (Lipinski definition) is 5. The van der Waals surface area contributed by atoms with Crippen molar-refractivity contribution < 1.29 is 0 Å². The lowest BCUT2D eigenvalue weighted by atomic mass is 9.75. The van der Waals surface area contributed by atoms with Crippen molar-refractivity contribution in [2.24, 2.45) is 11.3 Å². The molecule has 0 bridgehead atoms. The highest BCUT2D eigenvalue weighted by molar-refractivity contribution is 5.57. The zero-order chi connectivity index (χ0) is 15.5. The molecule has 1 aliphatic carbocycles. The maximum Gasteiger partial charge on any atom is 0.148 e. The fourth-order valence-corrected chi connectivity index (χ4v) is 2.92. The molecule has 5 nitrogen and oxygen atoms in total. The molecule has 1 fully saturated rings. The first kappa shape index (κ1) is 16.0. The van der Waals surface area contributed by atoms with Gasteiger partial charge in [0.05, 0.1) is 0 Å². The summed E-state index contributed by atoms with van der Waals surface area (Å²) in [6, 6.07) is 0.506. The maximum atomic E-state index is 5.59. The Morgan fingerprint density at radius 1 is 1.19 bits per heavy atom. The molecule has 1 aliphatic rings. The van der Waals surface area contributed by atoms with E-state index in [1.54, 1.807) is 0 Å². The molecule has 1 aromatic rings. The van der Waals surface area contributed by atoms with Crippen LogP contribution in [-0.4, -0.2) is 16.0 Å². The smallest absolute Gasteiger partial charge is 0.148 e. The van der Waals surface area contributed by atoms with Crippen molar-refractivity contribution in [2.45, 2.75) is 72.3 Å². The molecule has 5 heteroatoms. The van der Waals surface area contributed by atoms with Gasteiger partial charge < -0.3 is 10.7 Å². The normalized spacial score (nSPS) is 18.5. The summed E-state index contributed by atoms with van der Waals surface area (Å²) in [5, 5.41) is 3.61. The van der Waals surface area contributed by atoms with Gasteiger partial charge in [-0.15, -0.1) is 0 Å². The Morgan fingerprint density at radius 2 is 1.81 bits per heavy atom. The average Bonchev–Trinajstić information content (AvgIpc) is 2.44. The van der Waals surface area contributed by atoms with Gasteiger partial charge in [-0.1, -0.05) is 20.8 Å². The van der Waals surface area contributed by atoms with Crippen molar-refractivity contribution >= 4 is 11.6 Å². The monoisotopic (exact) mass is 291 g/mol. The summed E-state index contributed by atoms with van der Waals surface area (Å²) in [4.78, 5) is 9.15. The Kier molecular flexibility index (Phi) is 5.04. The van der Waals surface area contributed by atoms with E-state index in [9.17, 15) is 0 Å². The molecule has 118 valence electrons. The van der Waals surface area contributed by atoms with Crippen LogP contribution in [0.25, 0.3) is 0 Å². The predicted molar refractivity (Wildman–Crippen MR) is 88.2 cm³/mol. The third-order valence-electron chi connectivity index (χ3n) is 4.48. The Hall–Kier alpha value is -1.36. The van der Waals surface area contributed by atoms with E-state index in [0.29, 0.717) is 11.5 Å². The SMILES string of the molecule is CCCc1nc(NN)c(C)c(NC2CCC(C)(C)CC2)n1. The second kappa shape index (κ2) is 6.60. The highest BCUT2D eigenvalue weighted by Crippen LogP contribution is 2.36. The number of aromatic nitrogens is 2. The van der Waals surface area contributed by atoms with Crippen molar-refractivity contribution in [1.29, 1.82) is 0 Å². The second-order valence-corrected chi connectivity index (χ2v) is 6.94. The van der Waals surface area contributed by atoms with Gasteiger partial charge in [0.2, 0.25) is 0 Å². The van der Waals surface area contributed by atoms with Crippen LogP contribution in [0, 0.1) is 12.3 Å². The summed E-state index contributed by atoms with van der Waals surface area (Å²) in [6.45, 7) is 8.86. The molecule has 0 amide bonds. The highest BCUT2D eigenvalue weighted by atomic mass is 15.3. The second-order valence-electron chi connectivity index (χ2n) is 6.94. The van der Waals surface area contributed by atoms with Gasteiger partial charge >= 0.3 is 0 Å². The Labute approximate surface area is 128 Å². The molecule has 1 saturated carbocycles. The molecule has 0 spiro atoms. The molecular weight excluding hydrogens is 262 g/mol. The molecule has 2 rings (SSSR count). The molecule has 0 radical (unpaired) electrons.